The van der Waals surface area contributed by atoms with Gasteiger partial charge in [0.05, 0.1) is 41.1 Å². The SMILES string of the molecule is O=C(CC/C([O-])=N/c1cccc(-c2ccccn2)n1)Oc1cc(C(=O)[O-])cc(-c2cc(C(=O)[O-])ccn2)n1.[Ru+3]. The van der Waals surface area contributed by atoms with Gasteiger partial charge in [-0.15, -0.1) is 0 Å². The minimum atomic E-state index is -1.59. The van der Waals surface area contributed by atoms with Crippen LogP contribution in [0.4, 0.5) is 5.82 Å². The molecule has 4 aromatic rings. The molecule has 0 unspecified atom stereocenters. The van der Waals surface area contributed by atoms with E-state index in [-0.39, 0.29) is 60.7 Å². The molecule has 4 rings (SSSR count). The van der Waals surface area contributed by atoms with Gasteiger partial charge in [0.25, 0.3) is 0 Å². The fourth-order valence-corrected chi connectivity index (χ4v) is 3.21. The van der Waals surface area contributed by atoms with Gasteiger partial charge in [-0.25, -0.2) is 15.0 Å². The Morgan fingerprint density at radius 2 is 1.44 bits per heavy atom. The number of carboxylic acids is 2. The van der Waals surface area contributed by atoms with Crippen LogP contribution in [0.3, 0.4) is 0 Å². The number of ether oxygens (including phenoxy) is 1. The molecule has 195 valence electrons. The number of rotatable bonds is 9. The number of esters is 1. The molecule has 0 spiro atoms. The van der Waals surface area contributed by atoms with Gasteiger partial charge in [-0.3, -0.25) is 14.8 Å². The van der Waals surface area contributed by atoms with Crippen LogP contribution in [0.5, 0.6) is 5.88 Å². The van der Waals surface area contributed by atoms with E-state index in [0.29, 0.717) is 11.4 Å². The van der Waals surface area contributed by atoms with Gasteiger partial charge in [-0.1, -0.05) is 12.1 Å². The summed E-state index contributed by atoms with van der Waals surface area (Å²) in [7, 11) is 0. The summed E-state index contributed by atoms with van der Waals surface area (Å²) in [5, 5.41) is 34.8. The molecule has 0 N–H and O–H groups in total. The van der Waals surface area contributed by atoms with Crippen molar-refractivity contribution in [3.63, 3.8) is 0 Å². The summed E-state index contributed by atoms with van der Waals surface area (Å²) in [6.45, 7) is 0. The zero-order chi connectivity index (χ0) is 27.1. The molecule has 0 aliphatic carbocycles. The maximum atomic E-state index is 12.3. The summed E-state index contributed by atoms with van der Waals surface area (Å²) in [6.07, 6.45) is 2.10. The van der Waals surface area contributed by atoms with Crippen molar-refractivity contribution in [1.29, 1.82) is 0 Å². The van der Waals surface area contributed by atoms with Crippen LogP contribution in [0.1, 0.15) is 33.6 Å². The molecule has 0 saturated carbocycles. The second-order valence-electron chi connectivity index (χ2n) is 7.66. The first-order valence-corrected chi connectivity index (χ1v) is 11.0. The van der Waals surface area contributed by atoms with E-state index in [4.69, 9.17) is 4.74 Å². The third kappa shape index (κ3) is 7.79. The predicted octanol–water partition coefficient (Wildman–Crippen LogP) is 0.101. The molecule has 13 heteroatoms. The van der Waals surface area contributed by atoms with Crippen molar-refractivity contribution in [2.24, 2.45) is 4.99 Å². The first-order chi connectivity index (χ1) is 18.3. The van der Waals surface area contributed by atoms with Gasteiger partial charge in [0.2, 0.25) is 5.88 Å². The van der Waals surface area contributed by atoms with Crippen molar-refractivity contribution in [1.82, 2.24) is 19.9 Å². The third-order valence-corrected chi connectivity index (χ3v) is 4.96. The minimum absolute atomic E-state index is 0. The Balaban J connectivity index is 0.00000420. The Morgan fingerprint density at radius 3 is 2.15 bits per heavy atom. The Hall–Kier alpha value is -4.90. The van der Waals surface area contributed by atoms with Gasteiger partial charge < -0.3 is 29.6 Å². The molecule has 0 aromatic carbocycles. The van der Waals surface area contributed by atoms with Crippen LogP contribution in [0.25, 0.3) is 22.8 Å². The zero-order valence-electron chi connectivity index (χ0n) is 19.8. The summed E-state index contributed by atoms with van der Waals surface area (Å²) in [4.78, 5) is 55.2. The Kier molecular flexibility index (Phi) is 9.60. The molecular formula is C26H16N5O7Ru. The summed E-state index contributed by atoms with van der Waals surface area (Å²) in [6, 6.07) is 14.6. The first-order valence-electron chi connectivity index (χ1n) is 11.0. The van der Waals surface area contributed by atoms with Gasteiger partial charge in [-0.2, -0.15) is 0 Å². The number of aromatic nitrogens is 4. The zero-order valence-corrected chi connectivity index (χ0v) is 21.5. The molecule has 12 nitrogen and oxygen atoms in total. The van der Waals surface area contributed by atoms with Crippen molar-refractivity contribution in [3.05, 3.63) is 84.2 Å². The standard InChI is InChI=1S/C26H19N5O7.Ru/c32-22(31-21-6-3-5-18(29-21)17-4-1-2-10-27-17)7-8-24(33)38-23-14-16(26(36)37)13-20(30-23)19-12-15(25(34)35)9-11-28-19;/h1-6,9-14H,7-8H2,(H,34,35)(H,36,37)(H,29,31,32);/q;+3/p-3. The fraction of sp³-hybridized carbons (Fsp3) is 0.0769. The quantitative estimate of drug-likeness (QED) is 0.108. The number of hydrogen-bond donors (Lipinski definition) is 0. The Labute approximate surface area is 233 Å². The maximum Gasteiger partial charge on any atom is 3.00 e. The van der Waals surface area contributed by atoms with Gasteiger partial charge in [0, 0.05) is 29.6 Å². The van der Waals surface area contributed by atoms with Gasteiger partial charge >= 0.3 is 25.4 Å². The molecule has 1 radical (unpaired) electrons. The van der Waals surface area contributed by atoms with Crippen molar-refractivity contribution in [3.8, 4) is 28.7 Å². The number of aromatic carboxylic acids is 2. The Bertz CT molecular complexity index is 1550. The van der Waals surface area contributed by atoms with E-state index in [1.54, 1.807) is 36.5 Å². The minimum Gasteiger partial charge on any atom is -0.862 e. The van der Waals surface area contributed by atoms with Crippen LogP contribution >= 0.6 is 0 Å². The van der Waals surface area contributed by atoms with Crippen LogP contribution in [0, 0.1) is 0 Å². The maximum absolute atomic E-state index is 12.3. The average Bonchev–Trinajstić information content (AvgIpc) is 2.92. The molecule has 0 fully saturated rings. The van der Waals surface area contributed by atoms with Crippen LogP contribution in [0.2, 0.25) is 0 Å². The van der Waals surface area contributed by atoms with E-state index in [1.807, 2.05) is 0 Å². The van der Waals surface area contributed by atoms with Crippen molar-refractivity contribution >= 4 is 29.6 Å². The number of carboxylic acid groups (broad SMARTS) is 2. The molecule has 0 saturated heterocycles. The summed E-state index contributed by atoms with van der Waals surface area (Å²) < 4.78 is 5.11. The van der Waals surface area contributed by atoms with E-state index in [2.05, 4.69) is 24.9 Å². The van der Waals surface area contributed by atoms with E-state index in [0.717, 1.165) is 18.2 Å². The molecule has 0 aliphatic rings. The largest absolute Gasteiger partial charge is 3.00 e. The fourth-order valence-electron chi connectivity index (χ4n) is 3.21. The van der Waals surface area contributed by atoms with E-state index in [1.165, 1.54) is 18.3 Å². The van der Waals surface area contributed by atoms with Crippen LogP contribution in [0.15, 0.2) is 78.0 Å². The molecule has 0 amide bonds. The second-order valence-corrected chi connectivity index (χ2v) is 7.66. The van der Waals surface area contributed by atoms with E-state index >= 15 is 0 Å². The average molecular weight is 612 g/mol. The van der Waals surface area contributed by atoms with Gasteiger partial charge in [0.15, 0.2) is 5.82 Å². The van der Waals surface area contributed by atoms with E-state index in [9.17, 15) is 29.7 Å². The number of nitrogens with zero attached hydrogens (tertiary/aromatic N) is 5. The predicted molar refractivity (Wildman–Crippen MR) is 126 cm³/mol. The summed E-state index contributed by atoms with van der Waals surface area (Å²) in [5.41, 5.74) is 0.449. The number of carbonyl (C=O) groups is 3. The second kappa shape index (κ2) is 13.1. The molecule has 0 bridgehead atoms. The summed E-state index contributed by atoms with van der Waals surface area (Å²) >= 11 is 0. The van der Waals surface area contributed by atoms with Crippen molar-refractivity contribution < 1.29 is 53.9 Å². The van der Waals surface area contributed by atoms with Gasteiger partial charge in [-0.05, 0) is 54.8 Å². The van der Waals surface area contributed by atoms with Crippen LogP contribution < -0.4 is 20.1 Å². The number of carbonyl (C=O) groups excluding carboxylic acids is 3. The number of aliphatic imine (C=N–C) groups is 1. The molecule has 0 atom stereocenters. The third-order valence-electron chi connectivity index (χ3n) is 4.96. The molecular weight excluding hydrogens is 595 g/mol. The molecule has 4 heterocycles. The first kappa shape index (κ1) is 28.7. The monoisotopic (exact) mass is 612 g/mol. The van der Waals surface area contributed by atoms with E-state index < -0.39 is 29.7 Å². The van der Waals surface area contributed by atoms with Crippen molar-refractivity contribution in [2.45, 2.75) is 12.8 Å². The molecule has 4 aromatic heterocycles. The smallest absolute Gasteiger partial charge is 0.862 e. The topological polar surface area (TPSA) is 194 Å². The van der Waals surface area contributed by atoms with Gasteiger partial charge in [0.1, 0.15) is 0 Å². The van der Waals surface area contributed by atoms with Crippen LogP contribution in [-0.2, 0) is 24.3 Å². The number of pyridine rings is 4. The Morgan fingerprint density at radius 1 is 0.718 bits per heavy atom. The normalized spacial score (nSPS) is 10.8. The van der Waals surface area contributed by atoms with Crippen molar-refractivity contribution in [2.75, 3.05) is 0 Å². The molecule has 0 aliphatic heterocycles. The number of hydrogen-bond acceptors (Lipinski definition) is 12. The van der Waals surface area contributed by atoms with Crippen LogP contribution in [-0.4, -0.2) is 43.7 Å². The summed E-state index contributed by atoms with van der Waals surface area (Å²) in [5.74, 6) is -4.82. The molecule has 39 heavy (non-hydrogen) atoms.